The van der Waals surface area contributed by atoms with Gasteiger partial charge in [-0.2, -0.15) is 0 Å². The molecule has 0 saturated carbocycles. The van der Waals surface area contributed by atoms with Crippen molar-refractivity contribution >= 4 is 45.9 Å². The standard InChI is InChI=1S/C15H14ClIN2O2/c1-3-21-13-5-4-10(7-12(13)16)15(20)19-14-9(2)6-11(17)8-18-14/h4-8H,3H2,1-2H3,(H,18,19,20). The van der Waals surface area contributed by atoms with Crippen LogP contribution >= 0.6 is 34.2 Å². The Morgan fingerprint density at radius 3 is 2.81 bits per heavy atom. The van der Waals surface area contributed by atoms with Gasteiger partial charge in [0, 0.05) is 15.3 Å². The number of aromatic nitrogens is 1. The second kappa shape index (κ2) is 7.09. The number of ether oxygens (including phenoxy) is 1. The van der Waals surface area contributed by atoms with Gasteiger partial charge in [-0.1, -0.05) is 11.6 Å². The molecule has 0 aliphatic heterocycles. The van der Waals surface area contributed by atoms with E-state index in [-0.39, 0.29) is 5.91 Å². The summed E-state index contributed by atoms with van der Waals surface area (Å²) < 4.78 is 6.37. The van der Waals surface area contributed by atoms with E-state index in [9.17, 15) is 4.79 Å². The molecule has 0 fully saturated rings. The normalized spacial score (nSPS) is 10.3. The van der Waals surface area contributed by atoms with Gasteiger partial charge in [0.25, 0.3) is 5.91 Å². The summed E-state index contributed by atoms with van der Waals surface area (Å²) in [5.74, 6) is 0.862. The molecular formula is C15H14ClIN2O2. The Balaban J connectivity index is 2.18. The van der Waals surface area contributed by atoms with Crippen LogP contribution in [0.5, 0.6) is 5.75 Å². The number of halogens is 2. The molecule has 6 heteroatoms. The molecule has 0 radical (unpaired) electrons. The predicted octanol–water partition coefficient (Wildman–Crippen LogP) is 4.30. The second-order valence-electron chi connectivity index (χ2n) is 4.35. The predicted molar refractivity (Wildman–Crippen MR) is 92.3 cm³/mol. The minimum absolute atomic E-state index is 0.253. The summed E-state index contributed by atoms with van der Waals surface area (Å²) in [5, 5.41) is 3.19. The van der Waals surface area contributed by atoms with E-state index in [2.05, 4.69) is 32.9 Å². The fourth-order valence-electron chi connectivity index (χ4n) is 1.77. The summed E-state index contributed by atoms with van der Waals surface area (Å²) in [4.78, 5) is 16.4. The molecule has 0 spiro atoms. The Bertz CT molecular complexity index is 677. The van der Waals surface area contributed by atoms with Crippen molar-refractivity contribution in [1.29, 1.82) is 0 Å². The molecule has 0 saturated heterocycles. The van der Waals surface area contributed by atoms with Gasteiger partial charge in [0.1, 0.15) is 11.6 Å². The number of aryl methyl sites for hydroxylation is 1. The molecule has 0 aliphatic carbocycles. The molecule has 1 N–H and O–H groups in total. The number of hydrogen-bond acceptors (Lipinski definition) is 3. The Kier molecular flexibility index (Phi) is 5.41. The monoisotopic (exact) mass is 416 g/mol. The van der Waals surface area contributed by atoms with Crippen LogP contribution in [0.15, 0.2) is 30.5 Å². The average molecular weight is 417 g/mol. The van der Waals surface area contributed by atoms with Crippen molar-refractivity contribution < 1.29 is 9.53 Å². The first-order valence-electron chi connectivity index (χ1n) is 6.37. The lowest BCUT2D eigenvalue weighted by atomic mass is 10.2. The van der Waals surface area contributed by atoms with E-state index in [4.69, 9.17) is 16.3 Å². The summed E-state index contributed by atoms with van der Waals surface area (Å²) in [7, 11) is 0. The zero-order valence-electron chi connectivity index (χ0n) is 11.6. The molecule has 4 nitrogen and oxygen atoms in total. The smallest absolute Gasteiger partial charge is 0.256 e. The highest BCUT2D eigenvalue weighted by Gasteiger charge is 2.11. The third kappa shape index (κ3) is 4.07. The number of carbonyl (C=O) groups is 1. The van der Waals surface area contributed by atoms with Crippen LogP contribution in [0, 0.1) is 10.5 Å². The molecule has 21 heavy (non-hydrogen) atoms. The Morgan fingerprint density at radius 1 is 1.43 bits per heavy atom. The number of nitrogens with one attached hydrogen (secondary N) is 1. The van der Waals surface area contributed by atoms with E-state index in [1.165, 1.54) is 0 Å². The van der Waals surface area contributed by atoms with Gasteiger partial charge in [0.2, 0.25) is 0 Å². The molecule has 110 valence electrons. The molecule has 0 atom stereocenters. The zero-order chi connectivity index (χ0) is 15.4. The van der Waals surface area contributed by atoms with Gasteiger partial charge >= 0.3 is 0 Å². The van der Waals surface area contributed by atoms with Crippen LogP contribution in [0.4, 0.5) is 5.82 Å². The summed E-state index contributed by atoms with van der Waals surface area (Å²) in [5.41, 5.74) is 1.37. The van der Waals surface area contributed by atoms with Crippen LogP contribution in [0.25, 0.3) is 0 Å². The van der Waals surface area contributed by atoms with Crippen LogP contribution < -0.4 is 10.1 Å². The number of amides is 1. The number of anilines is 1. The fraction of sp³-hybridized carbons (Fsp3) is 0.200. The minimum atomic E-state index is -0.253. The maximum absolute atomic E-state index is 12.2. The van der Waals surface area contributed by atoms with E-state index >= 15 is 0 Å². The van der Waals surface area contributed by atoms with Gasteiger partial charge in [-0.05, 0) is 66.3 Å². The molecule has 2 aromatic rings. The number of carbonyl (C=O) groups excluding carboxylic acids is 1. The van der Waals surface area contributed by atoms with Gasteiger partial charge in [-0.25, -0.2) is 4.98 Å². The van der Waals surface area contributed by atoms with Gasteiger partial charge < -0.3 is 10.1 Å². The second-order valence-corrected chi connectivity index (χ2v) is 6.00. The van der Waals surface area contributed by atoms with Crippen molar-refractivity contribution in [3.63, 3.8) is 0 Å². The highest BCUT2D eigenvalue weighted by molar-refractivity contribution is 14.1. The highest BCUT2D eigenvalue weighted by Crippen LogP contribution is 2.26. The largest absolute Gasteiger partial charge is 0.492 e. The molecule has 1 amide bonds. The van der Waals surface area contributed by atoms with Gasteiger partial charge in [-0.15, -0.1) is 0 Å². The first-order chi connectivity index (χ1) is 10.0. The van der Waals surface area contributed by atoms with E-state index < -0.39 is 0 Å². The fourth-order valence-corrected chi connectivity index (χ4v) is 2.61. The molecule has 1 heterocycles. The summed E-state index contributed by atoms with van der Waals surface area (Å²) >= 11 is 8.26. The van der Waals surface area contributed by atoms with Gasteiger partial charge in [0.15, 0.2) is 0 Å². The van der Waals surface area contributed by atoms with Gasteiger partial charge in [-0.3, -0.25) is 4.79 Å². The number of pyridine rings is 1. The number of nitrogens with zero attached hydrogens (tertiary/aromatic N) is 1. The maximum Gasteiger partial charge on any atom is 0.256 e. The Hall–Kier alpha value is -1.34. The Labute approximate surface area is 142 Å². The van der Waals surface area contributed by atoms with Crippen LogP contribution in [-0.4, -0.2) is 17.5 Å². The third-order valence-electron chi connectivity index (χ3n) is 2.77. The van der Waals surface area contributed by atoms with Crippen molar-refractivity contribution in [2.24, 2.45) is 0 Å². The van der Waals surface area contributed by atoms with Crippen molar-refractivity contribution in [3.05, 3.63) is 50.2 Å². The van der Waals surface area contributed by atoms with Gasteiger partial charge in [0.05, 0.1) is 11.6 Å². The quantitative estimate of drug-likeness (QED) is 0.756. The first kappa shape index (κ1) is 16.0. The summed E-state index contributed by atoms with van der Waals surface area (Å²) in [6, 6.07) is 6.90. The lowest BCUT2D eigenvalue weighted by molar-refractivity contribution is 0.102. The van der Waals surface area contributed by atoms with Crippen LogP contribution in [0.1, 0.15) is 22.8 Å². The minimum Gasteiger partial charge on any atom is -0.492 e. The molecular weight excluding hydrogens is 403 g/mol. The van der Waals surface area contributed by atoms with Crippen molar-refractivity contribution in [3.8, 4) is 5.75 Å². The number of rotatable bonds is 4. The molecule has 0 aliphatic rings. The van der Waals surface area contributed by atoms with E-state index in [0.717, 1.165) is 9.13 Å². The lowest BCUT2D eigenvalue weighted by Gasteiger charge is -2.09. The molecule has 0 unspecified atom stereocenters. The SMILES string of the molecule is CCOc1ccc(C(=O)Nc2ncc(I)cc2C)cc1Cl. The van der Waals surface area contributed by atoms with Crippen molar-refractivity contribution in [2.75, 3.05) is 11.9 Å². The highest BCUT2D eigenvalue weighted by atomic mass is 127. The molecule has 1 aromatic carbocycles. The average Bonchev–Trinajstić information content (AvgIpc) is 2.44. The lowest BCUT2D eigenvalue weighted by Crippen LogP contribution is -2.14. The first-order valence-corrected chi connectivity index (χ1v) is 7.82. The van der Waals surface area contributed by atoms with E-state index in [1.807, 2.05) is 19.9 Å². The van der Waals surface area contributed by atoms with Crippen molar-refractivity contribution in [1.82, 2.24) is 4.98 Å². The molecule has 1 aromatic heterocycles. The Morgan fingerprint density at radius 2 is 2.19 bits per heavy atom. The van der Waals surface area contributed by atoms with E-state index in [0.29, 0.717) is 28.8 Å². The van der Waals surface area contributed by atoms with Crippen LogP contribution in [0.3, 0.4) is 0 Å². The van der Waals surface area contributed by atoms with Crippen molar-refractivity contribution in [2.45, 2.75) is 13.8 Å². The maximum atomic E-state index is 12.2. The zero-order valence-corrected chi connectivity index (χ0v) is 14.5. The summed E-state index contributed by atoms with van der Waals surface area (Å²) in [6.07, 6.45) is 1.70. The molecule has 2 rings (SSSR count). The number of benzene rings is 1. The summed E-state index contributed by atoms with van der Waals surface area (Å²) in [6.45, 7) is 4.30. The third-order valence-corrected chi connectivity index (χ3v) is 3.66. The number of hydrogen-bond donors (Lipinski definition) is 1. The topological polar surface area (TPSA) is 51.2 Å². The van der Waals surface area contributed by atoms with Crippen LogP contribution in [-0.2, 0) is 0 Å². The van der Waals surface area contributed by atoms with E-state index in [1.54, 1.807) is 24.4 Å². The van der Waals surface area contributed by atoms with Crippen LogP contribution in [0.2, 0.25) is 5.02 Å². The molecule has 0 bridgehead atoms.